The molecule has 0 amide bonds. The molecule has 0 bridgehead atoms. The minimum absolute atomic E-state index is 0.00599. The second kappa shape index (κ2) is 13.0. The van der Waals surface area contributed by atoms with Gasteiger partial charge in [0.1, 0.15) is 34.4 Å². The van der Waals surface area contributed by atoms with Crippen molar-refractivity contribution in [2.75, 3.05) is 25.5 Å². The van der Waals surface area contributed by atoms with E-state index in [1.54, 1.807) is 54.5 Å². The van der Waals surface area contributed by atoms with Gasteiger partial charge in [0.25, 0.3) is 0 Å². The van der Waals surface area contributed by atoms with Crippen LogP contribution in [0.4, 0.5) is 5.95 Å². The summed E-state index contributed by atoms with van der Waals surface area (Å²) in [6.07, 6.45) is 4.78. The minimum Gasteiger partial charge on any atom is -0.494 e. The van der Waals surface area contributed by atoms with E-state index in [1.165, 1.54) is 21.1 Å². The van der Waals surface area contributed by atoms with Crippen LogP contribution in [0.2, 0.25) is 0 Å². The van der Waals surface area contributed by atoms with Crippen LogP contribution in [0.15, 0.2) is 47.4 Å². The summed E-state index contributed by atoms with van der Waals surface area (Å²) in [5.74, 6) is 1.05. The Balaban J connectivity index is 1.82. The number of para-hydroxylation sites is 1. The highest BCUT2D eigenvalue weighted by molar-refractivity contribution is 7.93. The number of nitrogens with one attached hydrogen (secondary N) is 1. The van der Waals surface area contributed by atoms with E-state index >= 15 is 0 Å². The van der Waals surface area contributed by atoms with Crippen LogP contribution in [0.25, 0.3) is 5.69 Å². The number of aryl methyl sites for hydroxylation is 1. The maximum Gasteiger partial charge on any atom is 0.243 e. The van der Waals surface area contributed by atoms with Crippen LogP contribution in [0.5, 0.6) is 11.5 Å². The zero-order valence-electron chi connectivity index (χ0n) is 24.7. The molecule has 2 aromatic heterocycles. The van der Waals surface area contributed by atoms with Crippen LogP contribution >= 0.6 is 0 Å². The van der Waals surface area contributed by atoms with Gasteiger partial charge in [-0.3, -0.25) is 14.3 Å². The number of methoxy groups -OCH3 is 2. The van der Waals surface area contributed by atoms with Gasteiger partial charge in [-0.2, -0.15) is 0 Å². The van der Waals surface area contributed by atoms with Crippen molar-refractivity contribution in [3.8, 4) is 17.2 Å². The summed E-state index contributed by atoms with van der Waals surface area (Å²) in [7, 11) is -1.19. The van der Waals surface area contributed by atoms with E-state index < -0.39 is 27.5 Å². The van der Waals surface area contributed by atoms with Gasteiger partial charge in [-0.25, -0.2) is 18.4 Å². The number of anilines is 1. The van der Waals surface area contributed by atoms with Gasteiger partial charge in [-0.1, -0.05) is 18.6 Å². The Bertz CT molecular complexity index is 1530. The molecule has 1 aliphatic rings. The number of aliphatic hydroxyl groups is 1. The number of benzene rings is 1. The highest BCUT2D eigenvalue weighted by Gasteiger charge is 2.37. The predicted molar refractivity (Wildman–Crippen MR) is 158 cm³/mol. The van der Waals surface area contributed by atoms with Crippen LogP contribution in [-0.4, -0.2) is 76.7 Å². The Labute approximate surface area is 245 Å². The maximum atomic E-state index is 13.9. The van der Waals surface area contributed by atoms with Gasteiger partial charge < -0.3 is 19.3 Å². The molecule has 226 valence electrons. The summed E-state index contributed by atoms with van der Waals surface area (Å²) in [5.41, 5.74) is 2.26. The van der Waals surface area contributed by atoms with Gasteiger partial charge in [0.05, 0.1) is 32.8 Å². The van der Waals surface area contributed by atoms with E-state index in [1.807, 2.05) is 20.8 Å². The number of aliphatic hydroxyl groups excluding tert-OH is 1. The molecule has 42 heavy (non-hydrogen) atoms. The molecule has 0 aliphatic carbocycles. The molecule has 3 heterocycles. The van der Waals surface area contributed by atoms with Crippen LogP contribution in [-0.2, 0) is 14.8 Å². The molecule has 13 nitrogen and oxygen atoms in total. The van der Waals surface area contributed by atoms with Gasteiger partial charge in [0, 0.05) is 24.8 Å². The standard InChI is InChI=1S/C28H37N7O6S/c1-16-11-30-26(31-12-16)25(41-15-18(3)36)20(5)42(37,38)34-28-33-32-27(21-14-29-13-17(2)19(21)4)35(28)24-22(39-6)9-8-10-23(24)40-7/h8-14,18-21,25,36H,15H2,1-7H3,(H,33,34)/t18?,19?,20-,21?,25-/m1/s1. The minimum atomic E-state index is -4.22. The summed E-state index contributed by atoms with van der Waals surface area (Å²) in [6, 6.07) is 5.24. The second-order valence-electron chi connectivity index (χ2n) is 10.3. The lowest BCUT2D eigenvalue weighted by molar-refractivity contribution is -0.00765. The normalized spacial score (nSPS) is 19.1. The van der Waals surface area contributed by atoms with Crippen molar-refractivity contribution in [3.63, 3.8) is 0 Å². The molecule has 0 saturated carbocycles. The quantitative estimate of drug-likeness (QED) is 0.316. The number of hydrogen-bond donors (Lipinski definition) is 2. The highest BCUT2D eigenvalue weighted by Crippen LogP contribution is 2.39. The Morgan fingerprint density at radius 1 is 1.07 bits per heavy atom. The van der Waals surface area contributed by atoms with Gasteiger partial charge in [-0.15, -0.1) is 10.2 Å². The van der Waals surface area contributed by atoms with E-state index in [2.05, 4.69) is 29.9 Å². The summed E-state index contributed by atoms with van der Waals surface area (Å²) in [6.45, 7) is 8.74. The number of hydrogen-bond acceptors (Lipinski definition) is 11. The Kier molecular flexibility index (Phi) is 9.59. The van der Waals surface area contributed by atoms with Crippen molar-refractivity contribution in [1.82, 2.24) is 24.7 Å². The third kappa shape index (κ3) is 6.45. The van der Waals surface area contributed by atoms with Gasteiger partial charge in [-0.05, 0) is 51.3 Å². The molecule has 1 aromatic carbocycles. The molecule has 0 saturated heterocycles. The molecule has 2 N–H and O–H groups in total. The average Bonchev–Trinajstić information content (AvgIpc) is 3.36. The molecule has 4 rings (SSSR count). The fraction of sp³-hybridized carbons (Fsp3) is 0.464. The van der Waals surface area contributed by atoms with Crippen LogP contribution in [0.3, 0.4) is 0 Å². The van der Waals surface area contributed by atoms with E-state index in [9.17, 15) is 13.5 Å². The van der Waals surface area contributed by atoms with Gasteiger partial charge in [0.15, 0.2) is 5.82 Å². The zero-order chi connectivity index (χ0) is 30.6. The number of ether oxygens (including phenoxy) is 3. The largest absolute Gasteiger partial charge is 0.494 e. The average molecular weight is 600 g/mol. The third-order valence-corrected chi connectivity index (χ3v) is 8.81. The van der Waals surface area contributed by atoms with E-state index in [0.717, 1.165) is 11.1 Å². The first-order valence-electron chi connectivity index (χ1n) is 13.4. The van der Waals surface area contributed by atoms with E-state index in [-0.39, 0.29) is 30.2 Å². The molecule has 5 atom stereocenters. The lowest BCUT2D eigenvalue weighted by Crippen LogP contribution is -2.35. The van der Waals surface area contributed by atoms with Crippen molar-refractivity contribution >= 4 is 22.2 Å². The van der Waals surface area contributed by atoms with Crippen LogP contribution in [0, 0.1) is 12.8 Å². The second-order valence-corrected chi connectivity index (χ2v) is 12.3. The van der Waals surface area contributed by atoms with E-state index in [0.29, 0.717) is 23.0 Å². The monoisotopic (exact) mass is 599 g/mol. The number of aliphatic imine (C=N–C) groups is 1. The molecule has 0 fully saturated rings. The zero-order valence-corrected chi connectivity index (χ0v) is 25.5. The van der Waals surface area contributed by atoms with Gasteiger partial charge in [0.2, 0.25) is 16.0 Å². The van der Waals surface area contributed by atoms with Crippen molar-refractivity contribution < 1.29 is 27.7 Å². The first-order valence-corrected chi connectivity index (χ1v) is 15.0. The Morgan fingerprint density at radius 3 is 2.31 bits per heavy atom. The molecule has 14 heteroatoms. The lowest BCUT2D eigenvalue weighted by Gasteiger charge is -2.26. The van der Waals surface area contributed by atoms with Crippen molar-refractivity contribution in [2.24, 2.45) is 10.9 Å². The van der Waals surface area contributed by atoms with Crippen molar-refractivity contribution in [3.05, 3.63) is 59.6 Å². The smallest absolute Gasteiger partial charge is 0.243 e. The maximum absolute atomic E-state index is 13.9. The molecular formula is C28H37N7O6S. The number of rotatable bonds is 12. The first-order chi connectivity index (χ1) is 20.0. The molecule has 1 aliphatic heterocycles. The predicted octanol–water partition coefficient (Wildman–Crippen LogP) is 3.36. The SMILES string of the molecule is COc1cccc(OC)c1-n1c(NS(=O)(=O)[C@H](C)[C@@H](OCC(C)O)c2ncc(C)cn2)nnc1C1C=NC=C(C)C1C. The number of allylic oxidation sites excluding steroid dienone is 1. The van der Waals surface area contributed by atoms with Gasteiger partial charge >= 0.3 is 0 Å². The van der Waals surface area contributed by atoms with Crippen LogP contribution < -0.4 is 14.2 Å². The molecule has 0 radical (unpaired) electrons. The Morgan fingerprint density at radius 2 is 1.71 bits per heavy atom. The molecule has 3 aromatic rings. The third-order valence-electron chi connectivity index (χ3n) is 7.12. The summed E-state index contributed by atoms with van der Waals surface area (Å²) in [4.78, 5) is 13.0. The lowest BCUT2D eigenvalue weighted by atomic mass is 9.87. The number of sulfonamides is 1. The first kappa shape index (κ1) is 31.1. The molecule has 3 unspecified atom stereocenters. The van der Waals surface area contributed by atoms with E-state index in [4.69, 9.17) is 14.2 Å². The molecular weight excluding hydrogens is 562 g/mol. The topological polar surface area (TPSA) is 163 Å². The number of aromatic nitrogens is 5. The highest BCUT2D eigenvalue weighted by atomic mass is 32.2. The summed E-state index contributed by atoms with van der Waals surface area (Å²) in [5, 5.41) is 17.4. The molecule has 0 spiro atoms. The fourth-order valence-electron chi connectivity index (χ4n) is 4.52. The number of nitrogens with zero attached hydrogens (tertiary/aromatic N) is 6. The summed E-state index contributed by atoms with van der Waals surface area (Å²) >= 11 is 0. The van der Waals surface area contributed by atoms with Crippen molar-refractivity contribution in [1.29, 1.82) is 0 Å². The van der Waals surface area contributed by atoms with Crippen LogP contribution in [0.1, 0.15) is 56.9 Å². The van der Waals surface area contributed by atoms with Crippen molar-refractivity contribution in [2.45, 2.75) is 58.0 Å². The Hall–Kier alpha value is -3.88. The summed E-state index contributed by atoms with van der Waals surface area (Å²) < 4.78 is 49.2. The fourth-order valence-corrected chi connectivity index (χ4v) is 5.62.